The zero-order valence-electron chi connectivity index (χ0n) is 11.9. The van der Waals surface area contributed by atoms with Crippen LogP contribution >= 0.6 is 0 Å². The van der Waals surface area contributed by atoms with E-state index in [1.807, 2.05) is 30.3 Å². The Balaban J connectivity index is 2.32. The molecule has 0 amide bonds. The van der Waals surface area contributed by atoms with Gasteiger partial charge in [-0.3, -0.25) is 4.98 Å². The Hall–Kier alpha value is -1.97. The van der Waals surface area contributed by atoms with Crippen molar-refractivity contribution < 1.29 is 8.42 Å². The molecule has 0 aliphatic carbocycles. The highest BCUT2D eigenvalue weighted by Gasteiger charge is 2.21. The zero-order chi connectivity index (χ0) is 15.3. The third-order valence-electron chi connectivity index (χ3n) is 3.27. The summed E-state index contributed by atoms with van der Waals surface area (Å²) in [5.41, 5.74) is 1.39. The number of hydrogen-bond donors (Lipinski definition) is 0. The van der Waals surface area contributed by atoms with Gasteiger partial charge in [-0.15, -0.1) is 0 Å². The third kappa shape index (κ3) is 3.57. The number of nitrogens with zero attached hydrogens (tertiary/aromatic N) is 3. The Labute approximate surface area is 124 Å². The van der Waals surface area contributed by atoms with E-state index in [2.05, 4.69) is 4.98 Å². The summed E-state index contributed by atoms with van der Waals surface area (Å²) < 4.78 is 26.3. The fourth-order valence-corrected chi connectivity index (χ4v) is 3.81. The molecule has 110 valence electrons. The van der Waals surface area contributed by atoms with Gasteiger partial charge in [0.15, 0.2) is 0 Å². The molecule has 0 aliphatic heterocycles. The first-order valence-electron chi connectivity index (χ1n) is 6.76. The van der Waals surface area contributed by atoms with Crippen molar-refractivity contribution in [3.05, 3.63) is 42.1 Å². The molecule has 0 N–H and O–H groups in total. The molecule has 0 radical (unpaired) electrons. The second-order valence-electron chi connectivity index (χ2n) is 4.65. The van der Waals surface area contributed by atoms with Gasteiger partial charge in [-0.1, -0.05) is 31.2 Å². The predicted molar refractivity (Wildman–Crippen MR) is 81.8 cm³/mol. The van der Waals surface area contributed by atoms with Gasteiger partial charge in [0.05, 0.1) is 17.3 Å². The van der Waals surface area contributed by atoms with E-state index < -0.39 is 10.0 Å². The first-order chi connectivity index (χ1) is 10.1. The zero-order valence-corrected chi connectivity index (χ0v) is 12.7. The molecule has 6 heteroatoms. The summed E-state index contributed by atoms with van der Waals surface area (Å²) in [7, 11) is -3.45. The molecule has 1 aromatic heterocycles. The molecule has 21 heavy (non-hydrogen) atoms. The summed E-state index contributed by atoms with van der Waals surface area (Å²) >= 11 is 0. The van der Waals surface area contributed by atoms with E-state index in [0.29, 0.717) is 17.6 Å². The molecule has 0 unspecified atom stereocenters. The molecule has 0 spiro atoms. The molecule has 0 fully saturated rings. The van der Waals surface area contributed by atoms with Crippen molar-refractivity contribution in [3.8, 4) is 6.07 Å². The largest absolute Gasteiger partial charge is 0.256 e. The van der Waals surface area contributed by atoms with Crippen LogP contribution < -0.4 is 0 Å². The lowest BCUT2D eigenvalue weighted by molar-refractivity contribution is 0.434. The van der Waals surface area contributed by atoms with Crippen LogP contribution in [0.3, 0.4) is 0 Å². The number of hydrogen-bond acceptors (Lipinski definition) is 4. The average molecular weight is 303 g/mol. The molecule has 0 saturated heterocycles. The van der Waals surface area contributed by atoms with Gasteiger partial charge in [0, 0.05) is 31.1 Å². The first-order valence-corrected chi connectivity index (χ1v) is 8.37. The van der Waals surface area contributed by atoms with Crippen LogP contribution in [0.15, 0.2) is 36.5 Å². The SMILES string of the molecule is CCN(CCC#N)S(=O)(=O)Cc1cccc2cccnc12. The van der Waals surface area contributed by atoms with Crippen molar-refractivity contribution in [2.75, 3.05) is 13.1 Å². The van der Waals surface area contributed by atoms with Crippen molar-refractivity contribution >= 4 is 20.9 Å². The van der Waals surface area contributed by atoms with Crippen LogP contribution in [0.2, 0.25) is 0 Å². The summed E-state index contributed by atoms with van der Waals surface area (Å²) in [6.45, 7) is 2.37. The molecule has 0 aliphatic rings. The number of rotatable bonds is 6. The minimum absolute atomic E-state index is 0.0966. The van der Waals surface area contributed by atoms with E-state index >= 15 is 0 Å². The van der Waals surface area contributed by atoms with Crippen molar-refractivity contribution in [3.63, 3.8) is 0 Å². The molecule has 1 heterocycles. The van der Waals surface area contributed by atoms with Gasteiger partial charge in [0.2, 0.25) is 10.0 Å². The Morgan fingerprint density at radius 3 is 2.76 bits per heavy atom. The smallest absolute Gasteiger partial charge is 0.218 e. The predicted octanol–water partition coefficient (Wildman–Crippen LogP) is 2.30. The number of benzene rings is 1. The second-order valence-corrected chi connectivity index (χ2v) is 6.62. The number of para-hydroxylation sites is 1. The number of nitriles is 1. The van der Waals surface area contributed by atoms with Gasteiger partial charge in [-0.25, -0.2) is 12.7 Å². The highest BCUT2D eigenvalue weighted by atomic mass is 32.2. The number of fused-ring (bicyclic) bond motifs is 1. The molecule has 0 atom stereocenters. The quantitative estimate of drug-likeness (QED) is 0.820. The van der Waals surface area contributed by atoms with Crippen LogP contribution in [0.4, 0.5) is 0 Å². The van der Waals surface area contributed by atoms with Gasteiger partial charge in [0.1, 0.15) is 0 Å². The summed E-state index contributed by atoms with van der Waals surface area (Å²) in [4.78, 5) is 4.28. The van der Waals surface area contributed by atoms with Crippen LogP contribution in [-0.2, 0) is 15.8 Å². The second kappa shape index (κ2) is 6.66. The molecule has 0 bridgehead atoms. The number of sulfonamides is 1. The van der Waals surface area contributed by atoms with Gasteiger partial charge in [0.25, 0.3) is 0 Å². The van der Waals surface area contributed by atoms with Crippen LogP contribution in [0, 0.1) is 11.3 Å². The Kier molecular flexibility index (Phi) is 4.89. The van der Waals surface area contributed by atoms with Crippen LogP contribution in [0.5, 0.6) is 0 Å². The summed E-state index contributed by atoms with van der Waals surface area (Å²) in [5.74, 6) is -0.0966. The van der Waals surface area contributed by atoms with Crippen molar-refractivity contribution in [1.82, 2.24) is 9.29 Å². The maximum atomic E-state index is 12.5. The first kappa shape index (κ1) is 15.4. The lowest BCUT2D eigenvalue weighted by atomic mass is 10.1. The molecule has 0 saturated carbocycles. The van der Waals surface area contributed by atoms with Crippen molar-refractivity contribution in [2.24, 2.45) is 0 Å². The van der Waals surface area contributed by atoms with Gasteiger partial charge in [-0.2, -0.15) is 5.26 Å². The standard InChI is InChI=1S/C15H17N3O2S/c1-2-18(11-5-9-16)21(19,20)12-14-7-3-6-13-8-4-10-17-15(13)14/h3-4,6-8,10H,2,5,11-12H2,1H3. The minimum atomic E-state index is -3.45. The molecule has 2 aromatic rings. The van der Waals surface area contributed by atoms with Crippen LogP contribution in [0.25, 0.3) is 10.9 Å². The summed E-state index contributed by atoms with van der Waals surface area (Å²) in [6, 6.07) is 11.2. The third-order valence-corrected chi connectivity index (χ3v) is 5.18. The molecule has 1 aromatic carbocycles. The summed E-state index contributed by atoms with van der Waals surface area (Å²) in [6.07, 6.45) is 1.85. The van der Waals surface area contributed by atoms with Crippen LogP contribution in [0.1, 0.15) is 18.9 Å². The van der Waals surface area contributed by atoms with Gasteiger partial charge < -0.3 is 0 Å². The fraction of sp³-hybridized carbons (Fsp3) is 0.333. The van der Waals surface area contributed by atoms with E-state index in [1.54, 1.807) is 19.2 Å². The topological polar surface area (TPSA) is 74.1 Å². The highest BCUT2D eigenvalue weighted by Crippen LogP contribution is 2.19. The lowest BCUT2D eigenvalue weighted by Crippen LogP contribution is -2.32. The van der Waals surface area contributed by atoms with E-state index in [0.717, 1.165) is 5.39 Å². The van der Waals surface area contributed by atoms with Crippen LogP contribution in [-0.4, -0.2) is 30.8 Å². The van der Waals surface area contributed by atoms with Crippen molar-refractivity contribution in [2.45, 2.75) is 19.1 Å². The molecular weight excluding hydrogens is 286 g/mol. The van der Waals surface area contributed by atoms with E-state index in [-0.39, 0.29) is 18.7 Å². The van der Waals surface area contributed by atoms with Gasteiger partial charge in [-0.05, 0) is 11.6 Å². The van der Waals surface area contributed by atoms with E-state index in [9.17, 15) is 8.42 Å². The Bertz CT molecular complexity index is 761. The Morgan fingerprint density at radius 2 is 2.05 bits per heavy atom. The maximum Gasteiger partial charge on any atom is 0.218 e. The van der Waals surface area contributed by atoms with E-state index in [4.69, 9.17) is 5.26 Å². The fourth-order valence-electron chi connectivity index (χ4n) is 2.24. The number of aromatic nitrogens is 1. The average Bonchev–Trinajstić information content (AvgIpc) is 2.48. The monoisotopic (exact) mass is 303 g/mol. The van der Waals surface area contributed by atoms with Crippen molar-refractivity contribution in [1.29, 1.82) is 5.26 Å². The normalized spacial score (nSPS) is 11.7. The Morgan fingerprint density at radius 1 is 1.29 bits per heavy atom. The molecular formula is C15H17N3O2S. The number of pyridine rings is 1. The molecule has 2 rings (SSSR count). The lowest BCUT2D eigenvalue weighted by Gasteiger charge is -2.19. The van der Waals surface area contributed by atoms with Gasteiger partial charge >= 0.3 is 0 Å². The molecule has 5 nitrogen and oxygen atoms in total. The van der Waals surface area contributed by atoms with E-state index in [1.165, 1.54) is 4.31 Å². The maximum absolute atomic E-state index is 12.5. The minimum Gasteiger partial charge on any atom is -0.256 e. The summed E-state index contributed by atoms with van der Waals surface area (Å²) in [5, 5.41) is 9.55. The highest BCUT2D eigenvalue weighted by molar-refractivity contribution is 7.88.